The highest BCUT2D eigenvalue weighted by atomic mass is 127. The average molecular weight is 441 g/mol. The fourth-order valence-corrected chi connectivity index (χ4v) is 7.92. The lowest BCUT2D eigenvalue weighted by atomic mass is 9.81. The molecule has 2 heterocycles. The van der Waals surface area contributed by atoms with Gasteiger partial charge in [-0.05, 0) is 59.0 Å². The van der Waals surface area contributed by atoms with E-state index >= 15 is 0 Å². The van der Waals surface area contributed by atoms with Crippen LogP contribution < -0.4 is 0 Å². The first kappa shape index (κ1) is 16.1. The third kappa shape index (κ3) is 2.05. The maximum Gasteiger partial charge on any atom is 0.172 e. The van der Waals surface area contributed by atoms with Gasteiger partial charge < -0.3 is 0 Å². The number of rotatable bonds is 2. The van der Waals surface area contributed by atoms with Crippen molar-refractivity contribution in [2.24, 2.45) is 5.92 Å². The molecule has 3 nitrogen and oxygen atoms in total. The summed E-state index contributed by atoms with van der Waals surface area (Å²) in [6, 6.07) is 8.45. The van der Waals surface area contributed by atoms with Gasteiger partial charge in [0.15, 0.2) is 5.78 Å². The lowest BCUT2D eigenvalue weighted by Gasteiger charge is -2.44. The first-order valence-corrected chi connectivity index (χ1v) is 11.6. The van der Waals surface area contributed by atoms with Crippen LogP contribution in [0.3, 0.4) is 0 Å². The smallest absolute Gasteiger partial charge is 0.172 e. The molecule has 6 atom stereocenters. The van der Waals surface area contributed by atoms with Gasteiger partial charge in [0.1, 0.15) is 10.5 Å². The van der Waals surface area contributed by atoms with Gasteiger partial charge in [0, 0.05) is 24.4 Å². The highest BCUT2D eigenvalue weighted by Crippen LogP contribution is 2.59. The second-order valence-corrected chi connectivity index (χ2v) is 9.30. The summed E-state index contributed by atoms with van der Waals surface area (Å²) >= 11 is 2.27. The second kappa shape index (κ2) is 5.56. The van der Waals surface area contributed by atoms with Crippen molar-refractivity contribution in [2.45, 2.75) is 56.0 Å². The van der Waals surface area contributed by atoms with Crippen molar-refractivity contribution in [3.63, 3.8) is 0 Å². The molecule has 1 aliphatic carbocycles. The minimum absolute atomic E-state index is 0.0476. The lowest BCUT2D eigenvalue weighted by Crippen LogP contribution is -2.54. The maximum absolute atomic E-state index is 13.5. The van der Waals surface area contributed by atoms with Gasteiger partial charge in [-0.1, -0.05) is 33.2 Å². The van der Waals surface area contributed by atoms with Gasteiger partial charge in [0.25, 0.3) is 0 Å². The van der Waals surface area contributed by atoms with E-state index in [9.17, 15) is 9.59 Å². The molecule has 2 aliphatic heterocycles. The van der Waals surface area contributed by atoms with Gasteiger partial charge >= 0.3 is 0 Å². The van der Waals surface area contributed by atoms with Crippen molar-refractivity contribution in [1.82, 2.24) is 4.90 Å². The van der Waals surface area contributed by atoms with Crippen LogP contribution in [0.2, 0.25) is 0 Å². The molecule has 4 unspecified atom stereocenters. The van der Waals surface area contributed by atoms with Crippen LogP contribution in [0.25, 0.3) is 0 Å². The van der Waals surface area contributed by atoms with E-state index in [1.54, 1.807) is 8.93 Å². The normalized spacial score (nSPS) is 42.1. The van der Waals surface area contributed by atoms with E-state index < -0.39 is 4.75 Å². The number of hydrogen-bond donors (Lipinski definition) is 0. The van der Waals surface area contributed by atoms with Gasteiger partial charge in [-0.25, -0.2) is 0 Å². The van der Waals surface area contributed by atoms with E-state index in [0.717, 1.165) is 18.4 Å². The largest absolute Gasteiger partial charge is 0.299 e. The van der Waals surface area contributed by atoms with Gasteiger partial charge in [0.05, 0.1) is 6.04 Å². The van der Waals surface area contributed by atoms with Crippen molar-refractivity contribution in [3.8, 4) is 0 Å². The van der Waals surface area contributed by atoms with Crippen LogP contribution in [0.1, 0.15) is 43.4 Å². The molecule has 3 fully saturated rings. The third-order valence-corrected chi connectivity index (χ3v) is 9.52. The number of fused-ring (bicyclic) bond motifs is 4. The Labute approximate surface area is 153 Å². The van der Waals surface area contributed by atoms with Gasteiger partial charge in [-0.3, -0.25) is 14.5 Å². The Morgan fingerprint density at radius 2 is 2.04 bits per heavy atom. The minimum Gasteiger partial charge on any atom is -0.299 e. The van der Waals surface area contributed by atoms with E-state index in [0.29, 0.717) is 18.0 Å². The van der Waals surface area contributed by atoms with Gasteiger partial charge in [0.2, 0.25) is 0 Å². The number of carbonyl (C=O) groups excluding carboxylic acids is 2. The quantitative estimate of drug-likeness (QED) is 0.653. The summed E-state index contributed by atoms with van der Waals surface area (Å²) in [5, 5.41) is 0. The topological polar surface area (TPSA) is 37.4 Å². The molecule has 1 aromatic rings. The monoisotopic (exact) mass is 441 g/mol. The number of carbonyl (C=O) groups is 2. The molecule has 23 heavy (non-hydrogen) atoms. The van der Waals surface area contributed by atoms with Crippen molar-refractivity contribution in [1.29, 1.82) is 0 Å². The van der Waals surface area contributed by atoms with Crippen molar-refractivity contribution >= 4 is 41.7 Å². The number of benzene rings is 1. The predicted molar refractivity (Wildman–Crippen MR) is 101 cm³/mol. The van der Waals surface area contributed by atoms with Crippen LogP contribution in [-0.2, 0) is 9.59 Å². The molecule has 5 heteroatoms. The SMILES string of the molecule is Cc1ccccc1C1C(=O)C2(SI)C[C@H]3C(=O)CC[C@H]3N1C2C. The summed E-state index contributed by atoms with van der Waals surface area (Å²) in [4.78, 5) is 28.2. The molecule has 122 valence electrons. The molecule has 0 spiro atoms. The molecule has 0 N–H and O–H groups in total. The molecule has 0 radical (unpaired) electrons. The molecule has 0 amide bonds. The van der Waals surface area contributed by atoms with Crippen molar-refractivity contribution in [3.05, 3.63) is 35.4 Å². The fraction of sp³-hybridized carbons (Fsp3) is 0.556. The van der Waals surface area contributed by atoms with Crippen LogP contribution in [0, 0.1) is 12.8 Å². The van der Waals surface area contributed by atoms with Gasteiger partial charge in [-0.2, -0.15) is 0 Å². The number of Topliss-reactive ketones (excluding diaryl/α,β-unsaturated/α-hetero) is 2. The molecule has 2 bridgehead atoms. The summed E-state index contributed by atoms with van der Waals surface area (Å²) < 4.78 is -0.436. The molecule has 1 aromatic carbocycles. The Balaban J connectivity index is 1.87. The molecule has 4 rings (SSSR count). The number of halogens is 1. The van der Waals surface area contributed by atoms with Crippen molar-refractivity contribution < 1.29 is 9.59 Å². The Morgan fingerprint density at radius 3 is 2.74 bits per heavy atom. The fourth-order valence-electron chi connectivity index (χ4n) is 4.94. The number of hydrogen-bond acceptors (Lipinski definition) is 4. The highest BCUT2D eigenvalue weighted by molar-refractivity contribution is 14.2. The summed E-state index contributed by atoms with van der Waals surface area (Å²) in [6.07, 6.45) is 2.31. The van der Waals surface area contributed by atoms with Crippen molar-refractivity contribution in [2.75, 3.05) is 0 Å². The lowest BCUT2D eigenvalue weighted by molar-refractivity contribution is -0.123. The summed E-state index contributed by atoms with van der Waals surface area (Å²) in [5.74, 6) is 0.715. The van der Waals surface area contributed by atoms with E-state index in [4.69, 9.17) is 0 Å². The van der Waals surface area contributed by atoms with Gasteiger partial charge in [-0.15, -0.1) is 0 Å². The van der Waals surface area contributed by atoms with Crippen LogP contribution in [-0.4, -0.2) is 33.3 Å². The van der Waals surface area contributed by atoms with E-state index in [1.165, 1.54) is 5.56 Å². The molecule has 3 aliphatic rings. The standard InChI is InChI=1S/C18H20INO2S/c1-10-5-3-4-6-12(10)16-17(22)18(23-19)9-13-14(7-8-15(13)21)20(16)11(18)2/h3-6,11,13-14,16H,7-9H2,1-2H3/t11?,13-,14-,16?,18?/m1/s1. The predicted octanol–water partition coefficient (Wildman–Crippen LogP) is 3.88. The molecule has 2 saturated heterocycles. The zero-order valence-electron chi connectivity index (χ0n) is 13.3. The number of nitrogens with zero attached hydrogens (tertiary/aromatic N) is 1. The van der Waals surface area contributed by atoms with Crippen LogP contribution in [0.5, 0.6) is 0 Å². The Bertz CT molecular complexity index is 693. The first-order valence-electron chi connectivity index (χ1n) is 8.21. The second-order valence-electron chi connectivity index (χ2n) is 7.10. The zero-order valence-corrected chi connectivity index (χ0v) is 16.3. The molecular formula is C18H20INO2S. The van der Waals surface area contributed by atoms with E-state index in [-0.39, 0.29) is 24.0 Å². The number of ketones is 2. The molecule has 1 saturated carbocycles. The summed E-state index contributed by atoms with van der Waals surface area (Å²) in [5.41, 5.74) is 2.29. The minimum atomic E-state index is -0.436. The van der Waals surface area contributed by atoms with E-state index in [1.807, 2.05) is 12.1 Å². The zero-order chi connectivity index (χ0) is 16.4. The number of piperidine rings is 1. The molecule has 0 aromatic heterocycles. The van der Waals surface area contributed by atoms with E-state index in [2.05, 4.69) is 52.1 Å². The summed E-state index contributed by atoms with van der Waals surface area (Å²) in [7, 11) is 1.63. The average Bonchev–Trinajstić information content (AvgIpc) is 2.96. The maximum atomic E-state index is 13.5. The summed E-state index contributed by atoms with van der Waals surface area (Å²) in [6.45, 7) is 4.26. The van der Waals surface area contributed by atoms with Crippen LogP contribution >= 0.6 is 30.1 Å². The molecular weight excluding hydrogens is 421 g/mol. The Hall–Kier alpha value is -0.400. The van der Waals surface area contributed by atoms with Crippen LogP contribution in [0.4, 0.5) is 0 Å². The Kier molecular flexibility index (Phi) is 3.89. The van der Waals surface area contributed by atoms with Crippen LogP contribution in [0.15, 0.2) is 24.3 Å². The first-order chi connectivity index (χ1) is 11.0. The highest BCUT2D eigenvalue weighted by Gasteiger charge is 2.66. The number of aryl methyl sites for hydroxylation is 1. The third-order valence-electron chi connectivity index (χ3n) is 6.18. The Morgan fingerprint density at radius 1 is 1.30 bits per heavy atom.